The number of nitrogen functional groups attached to an aromatic ring is 1. The van der Waals surface area contributed by atoms with Gasteiger partial charge >= 0.3 is 0 Å². The Bertz CT molecular complexity index is 1310. The Morgan fingerprint density at radius 2 is 1.73 bits per heavy atom. The molecule has 150 valence electrons. The molecule has 4 N–H and O–H groups in total. The number of rotatable bonds is 3. The highest BCUT2D eigenvalue weighted by Crippen LogP contribution is 2.23. The van der Waals surface area contributed by atoms with Crippen LogP contribution in [0, 0.1) is 13.8 Å². The minimum absolute atomic E-state index is 0.0513. The zero-order valence-electron chi connectivity index (χ0n) is 16.3. The number of hydrogen-bond acceptors (Lipinski definition) is 5. The van der Waals surface area contributed by atoms with Gasteiger partial charge in [0.05, 0.1) is 16.8 Å². The van der Waals surface area contributed by atoms with Gasteiger partial charge in [0.1, 0.15) is 5.82 Å². The normalized spacial score (nSPS) is 12.5. The maximum atomic E-state index is 12.7. The fraction of sp³-hybridized carbons (Fsp3) is 0.0909. The first-order valence-electron chi connectivity index (χ1n) is 9.16. The summed E-state index contributed by atoms with van der Waals surface area (Å²) in [5, 5.41) is 4.94. The monoisotopic (exact) mass is 402 g/mol. The third kappa shape index (κ3) is 3.14. The lowest BCUT2D eigenvalue weighted by Crippen LogP contribution is -2.24. The first-order chi connectivity index (χ1) is 14.3. The molecule has 1 aliphatic heterocycles. The molecule has 2 heterocycles. The molecule has 1 aromatic heterocycles. The molecule has 0 saturated carbocycles. The van der Waals surface area contributed by atoms with Gasteiger partial charge in [0.2, 0.25) is 0 Å². The third-order valence-electron chi connectivity index (χ3n) is 5.08. The van der Waals surface area contributed by atoms with Crippen LogP contribution in [-0.2, 0) is 0 Å². The quantitative estimate of drug-likeness (QED) is 0.580. The van der Waals surface area contributed by atoms with Gasteiger partial charge in [-0.25, -0.2) is 0 Å². The second-order valence-corrected chi connectivity index (χ2v) is 7.08. The zero-order valence-corrected chi connectivity index (χ0v) is 16.3. The maximum absolute atomic E-state index is 12.7. The van der Waals surface area contributed by atoms with Gasteiger partial charge in [0, 0.05) is 17.3 Å². The predicted octanol–water partition coefficient (Wildman–Crippen LogP) is 2.17. The second kappa shape index (κ2) is 7.00. The molecule has 0 aliphatic carbocycles. The SMILES string of the molecule is Cc1ccc(NC(=O)c2cccc(-n3c(N)c4c(cc3=O)C(=O)NC4=O)c2)cc1C. The Labute approximate surface area is 171 Å². The van der Waals surface area contributed by atoms with E-state index in [2.05, 4.69) is 10.6 Å². The van der Waals surface area contributed by atoms with Crippen molar-refractivity contribution in [2.45, 2.75) is 13.8 Å². The van der Waals surface area contributed by atoms with E-state index in [0.29, 0.717) is 16.9 Å². The average Bonchev–Trinajstić information content (AvgIpc) is 2.98. The lowest BCUT2D eigenvalue weighted by molar-refractivity contribution is 0.0879. The Morgan fingerprint density at radius 3 is 2.47 bits per heavy atom. The van der Waals surface area contributed by atoms with Crippen molar-refractivity contribution in [2.24, 2.45) is 0 Å². The van der Waals surface area contributed by atoms with E-state index in [1.54, 1.807) is 18.2 Å². The average molecular weight is 402 g/mol. The molecule has 4 rings (SSSR count). The van der Waals surface area contributed by atoms with Gasteiger partial charge in [-0.2, -0.15) is 0 Å². The van der Waals surface area contributed by atoms with E-state index in [4.69, 9.17) is 5.73 Å². The van der Waals surface area contributed by atoms with Crippen LogP contribution >= 0.6 is 0 Å². The van der Waals surface area contributed by atoms with Gasteiger partial charge < -0.3 is 11.1 Å². The summed E-state index contributed by atoms with van der Waals surface area (Å²) in [6.45, 7) is 3.94. The first-order valence-corrected chi connectivity index (χ1v) is 9.16. The Balaban J connectivity index is 1.72. The standard InChI is InChI=1S/C22H18N4O4/c1-11-6-7-14(8-12(11)2)24-20(28)13-4-3-5-15(9-13)26-17(27)10-16-18(19(26)23)22(30)25-21(16)29/h3-10H,23H2,1-2H3,(H,24,28)(H,25,29,30). The smallest absolute Gasteiger partial charge is 0.262 e. The van der Waals surface area contributed by atoms with Crippen LogP contribution in [0.2, 0.25) is 0 Å². The maximum Gasteiger partial charge on any atom is 0.262 e. The number of benzene rings is 2. The number of amides is 3. The van der Waals surface area contributed by atoms with Crippen LogP contribution in [-0.4, -0.2) is 22.3 Å². The molecule has 3 aromatic rings. The summed E-state index contributed by atoms with van der Waals surface area (Å²) in [5.74, 6) is -1.84. The largest absolute Gasteiger partial charge is 0.384 e. The summed E-state index contributed by atoms with van der Waals surface area (Å²) >= 11 is 0. The summed E-state index contributed by atoms with van der Waals surface area (Å²) in [6.07, 6.45) is 0. The number of imide groups is 1. The van der Waals surface area contributed by atoms with E-state index in [1.807, 2.05) is 32.0 Å². The highest BCUT2D eigenvalue weighted by molar-refractivity contribution is 6.23. The van der Waals surface area contributed by atoms with Gasteiger partial charge in [-0.1, -0.05) is 12.1 Å². The van der Waals surface area contributed by atoms with Crippen LogP contribution in [0.25, 0.3) is 5.69 Å². The summed E-state index contributed by atoms with van der Waals surface area (Å²) < 4.78 is 1.10. The van der Waals surface area contributed by atoms with Crippen molar-refractivity contribution in [3.63, 3.8) is 0 Å². The van der Waals surface area contributed by atoms with Crippen molar-refractivity contribution in [3.8, 4) is 5.69 Å². The molecule has 0 bridgehead atoms. The fourth-order valence-corrected chi connectivity index (χ4v) is 3.35. The van der Waals surface area contributed by atoms with Crippen LogP contribution < -0.4 is 21.9 Å². The Hall–Kier alpha value is -4.20. The van der Waals surface area contributed by atoms with Crippen molar-refractivity contribution < 1.29 is 14.4 Å². The van der Waals surface area contributed by atoms with Gasteiger partial charge in [-0.05, 0) is 55.3 Å². The number of pyridine rings is 1. The fourth-order valence-electron chi connectivity index (χ4n) is 3.35. The number of fused-ring (bicyclic) bond motifs is 1. The van der Waals surface area contributed by atoms with Crippen LogP contribution in [0.5, 0.6) is 0 Å². The number of carbonyl (C=O) groups is 3. The Kier molecular flexibility index (Phi) is 4.46. The van der Waals surface area contributed by atoms with Gasteiger partial charge in [0.25, 0.3) is 23.3 Å². The number of nitrogens with two attached hydrogens (primary N) is 1. The minimum atomic E-state index is -0.662. The van der Waals surface area contributed by atoms with E-state index >= 15 is 0 Å². The molecule has 3 amide bonds. The molecule has 0 radical (unpaired) electrons. The van der Waals surface area contributed by atoms with Gasteiger partial charge in [-0.3, -0.25) is 29.1 Å². The summed E-state index contributed by atoms with van der Waals surface area (Å²) in [5.41, 5.74) is 8.79. The number of nitrogens with zero attached hydrogens (tertiary/aromatic N) is 1. The predicted molar refractivity (Wildman–Crippen MR) is 112 cm³/mol. The third-order valence-corrected chi connectivity index (χ3v) is 5.08. The minimum Gasteiger partial charge on any atom is -0.384 e. The van der Waals surface area contributed by atoms with Crippen molar-refractivity contribution in [1.29, 1.82) is 0 Å². The molecule has 8 heteroatoms. The molecule has 0 saturated heterocycles. The van der Waals surface area contributed by atoms with Crippen LogP contribution in [0.3, 0.4) is 0 Å². The molecule has 0 atom stereocenters. The van der Waals surface area contributed by atoms with Crippen LogP contribution in [0.15, 0.2) is 53.3 Å². The number of carbonyl (C=O) groups excluding carboxylic acids is 3. The topological polar surface area (TPSA) is 123 Å². The Morgan fingerprint density at radius 1 is 0.967 bits per heavy atom. The van der Waals surface area contributed by atoms with E-state index in [-0.39, 0.29) is 22.9 Å². The molecule has 1 aliphatic rings. The molecule has 0 fully saturated rings. The van der Waals surface area contributed by atoms with E-state index in [9.17, 15) is 19.2 Å². The lowest BCUT2D eigenvalue weighted by Gasteiger charge is -2.13. The highest BCUT2D eigenvalue weighted by atomic mass is 16.2. The van der Waals surface area contributed by atoms with E-state index in [0.717, 1.165) is 21.8 Å². The number of nitrogens with one attached hydrogen (secondary N) is 2. The summed E-state index contributed by atoms with van der Waals surface area (Å²) in [7, 11) is 0. The first kappa shape index (κ1) is 19.1. The van der Waals surface area contributed by atoms with Crippen molar-refractivity contribution in [2.75, 3.05) is 11.1 Å². The number of hydrogen-bond donors (Lipinski definition) is 3. The molecule has 30 heavy (non-hydrogen) atoms. The van der Waals surface area contributed by atoms with Crippen LogP contribution in [0.4, 0.5) is 11.5 Å². The summed E-state index contributed by atoms with van der Waals surface area (Å²) in [4.78, 5) is 49.1. The number of anilines is 2. The van der Waals surface area contributed by atoms with Gasteiger partial charge in [-0.15, -0.1) is 0 Å². The number of aromatic nitrogens is 1. The zero-order chi connectivity index (χ0) is 21.6. The number of aryl methyl sites for hydroxylation is 2. The van der Waals surface area contributed by atoms with E-state index < -0.39 is 17.4 Å². The molecular formula is C22H18N4O4. The second-order valence-electron chi connectivity index (χ2n) is 7.08. The molecular weight excluding hydrogens is 384 g/mol. The van der Waals surface area contributed by atoms with Crippen molar-refractivity contribution >= 4 is 29.2 Å². The molecule has 0 unspecified atom stereocenters. The summed E-state index contributed by atoms with van der Waals surface area (Å²) in [6, 6.07) is 12.9. The molecule has 8 nitrogen and oxygen atoms in total. The van der Waals surface area contributed by atoms with Gasteiger partial charge in [0.15, 0.2) is 0 Å². The highest BCUT2D eigenvalue weighted by Gasteiger charge is 2.31. The van der Waals surface area contributed by atoms with E-state index in [1.165, 1.54) is 6.07 Å². The van der Waals surface area contributed by atoms with Crippen LogP contribution in [0.1, 0.15) is 42.2 Å². The van der Waals surface area contributed by atoms with Crippen molar-refractivity contribution in [3.05, 3.63) is 86.7 Å². The molecule has 0 spiro atoms. The lowest BCUT2D eigenvalue weighted by atomic mass is 10.1. The van der Waals surface area contributed by atoms with Crippen molar-refractivity contribution in [1.82, 2.24) is 9.88 Å². The molecule has 2 aromatic carbocycles.